The van der Waals surface area contributed by atoms with Gasteiger partial charge in [-0.05, 0) is 46.0 Å². The highest BCUT2D eigenvalue weighted by Gasteiger charge is 2.34. The Bertz CT molecular complexity index is 369. The van der Waals surface area contributed by atoms with Gasteiger partial charge in [-0.1, -0.05) is 6.92 Å². The average Bonchev–Trinajstić information content (AvgIpc) is 2.45. The smallest absolute Gasteiger partial charge is 0.410 e. The summed E-state index contributed by atoms with van der Waals surface area (Å²) in [6.07, 6.45) is 1.45. The number of amides is 1. The van der Waals surface area contributed by atoms with Crippen LogP contribution in [0.15, 0.2) is 0 Å². The maximum atomic E-state index is 12.1. The minimum Gasteiger partial charge on any atom is -0.444 e. The summed E-state index contributed by atoms with van der Waals surface area (Å²) >= 11 is 0. The molecule has 1 fully saturated rings. The van der Waals surface area contributed by atoms with Crippen LogP contribution in [0.3, 0.4) is 0 Å². The molecular weight excluding hydrogens is 296 g/mol. The fraction of sp³-hybridized carbons (Fsp3) is 0.941. The molecule has 1 heterocycles. The zero-order valence-electron chi connectivity index (χ0n) is 15.8. The van der Waals surface area contributed by atoms with E-state index in [9.17, 15) is 4.79 Å². The average molecular weight is 330 g/mol. The van der Waals surface area contributed by atoms with Crippen LogP contribution in [0.4, 0.5) is 4.79 Å². The van der Waals surface area contributed by atoms with Gasteiger partial charge in [0.1, 0.15) is 5.60 Å². The highest BCUT2D eigenvalue weighted by Crippen LogP contribution is 2.31. The van der Waals surface area contributed by atoms with E-state index in [1.807, 2.05) is 25.7 Å². The second-order valence-electron chi connectivity index (χ2n) is 7.79. The van der Waals surface area contributed by atoms with Crippen molar-refractivity contribution in [3.05, 3.63) is 0 Å². The summed E-state index contributed by atoms with van der Waals surface area (Å²) in [5.74, 6) is 0. The van der Waals surface area contributed by atoms with E-state index in [4.69, 9.17) is 14.2 Å². The van der Waals surface area contributed by atoms with Gasteiger partial charge in [-0.25, -0.2) is 4.79 Å². The van der Waals surface area contributed by atoms with Crippen molar-refractivity contribution in [3.8, 4) is 0 Å². The second kappa shape index (κ2) is 8.31. The summed E-state index contributed by atoms with van der Waals surface area (Å²) in [5, 5.41) is 3.49. The van der Waals surface area contributed by atoms with Crippen molar-refractivity contribution in [3.63, 3.8) is 0 Å². The number of carbonyl (C=O) groups is 1. The lowest BCUT2D eigenvalue weighted by atomic mass is 9.80. The molecule has 1 aliphatic heterocycles. The number of nitrogens with zero attached hydrogens (tertiary/aromatic N) is 1. The standard InChI is InChI=1S/C17H34N2O4/c1-13(14(21-6)22-7)18-12-17(5)8-10-19(11-9-17)15(20)23-16(2,3)4/h13-14,18H,8-12H2,1-7H3. The molecule has 6 nitrogen and oxygen atoms in total. The third kappa shape index (κ3) is 6.65. The second-order valence-corrected chi connectivity index (χ2v) is 7.79. The van der Waals surface area contributed by atoms with Crippen LogP contribution in [0.1, 0.15) is 47.5 Å². The summed E-state index contributed by atoms with van der Waals surface area (Å²) in [4.78, 5) is 13.9. The minimum absolute atomic E-state index is 0.116. The van der Waals surface area contributed by atoms with Gasteiger partial charge in [-0.2, -0.15) is 0 Å². The molecule has 0 saturated carbocycles. The van der Waals surface area contributed by atoms with Gasteiger partial charge >= 0.3 is 6.09 Å². The highest BCUT2D eigenvalue weighted by atomic mass is 16.7. The van der Waals surface area contributed by atoms with E-state index in [0.29, 0.717) is 0 Å². The molecule has 6 heteroatoms. The van der Waals surface area contributed by atoms with Crippen molar-refractivity contribution in [1.82, 2.24) is 10.2 Å². The predicted octanol–water partition coefficient (Wildman–Crippen LogP) is 2.62. The largest absolute Gasteiger partial charge is 0.444 e. The number of hydrogen-bond donors (Lipinski definition) is 1. The van der Waals surface area contributed by atoms with Gasteiger partial charge in [0.25, 0.3) is 0 Å². The summed E-state index contributed by atoms with van der Waals surface area (Å²) in [7, 11) is 3.29. The molecule has 0 bridgehead atoms. The van der Waals surface area contributed by atoms with Crippen LogP contribution in [0.2, 0.25) is 0 Å². The number of piperidine rings is 1. The summed E-state index contributed by atoms with van der Waals surface area (Å²) in [6, 6.07) is 0.116. The third-order valence-electron chi connectivity index (χ3n) is 4.35. The summed E-state index contributed by atoms with van der Waals surface area (Å²) in [5.41, 5.74) is -0.275. The molecule has 1 saturated heterocycles. The number of rotatable bonds is 6. The van der Waals surface area contributed by atoms with Gasteiger partial charge in [0.15, 0.2) is 6.29 Å². The monoisotopic (exact) mass is 330 g/mol. The zero-order valence-corrected chi connectivity index (χ0v) is 15.8. The number of nitrogens with one attached hydrogen (secondary N) is 1. The number of carbonyl (C=O) groups excluding carboxylic acids is 1. The van der Waals surface area contributed by atoms with Crippen LogP contribution in [0, 0.1) is 5.41 Å². The first-order chi connectivity index (χ1) is 10.6. The Morgan fingerprint density at radius 1 is 1.22 bits per heavy atom. The zero-order chi connectivity index (χ0) is 17.7. The molecule has 1 unspecified atom stereocenters. The Morgan fingerprint density at radius 2 is 1.74 bits per heavy atom. The molecule has 1 rings (SSSR count). The van der Waals surface area contributed by atoms with E-state index in [-0.39, 0.29) is 23.8 Å². The first-order valence-electron chi connectivity index (χ1n) is 8.37. The highest BCUT2D eigenvalue weighted by molar-refractivity contribution is 5.68. The van der Waals surface area contributed by atoms with Gasteiger partial charge in [0.05, 0.1) is 6.04 Å². The third-order valence-corrected chi connectivity index (χ3v) is 4.35. The van der Waals surface area contributed by atoms with Crippen LogP contribution in [0.25, 0.3) is 0 Å². The van der Waals surface area contributed by atoms with Gasteiger partial charge in [-0.3, -0.25) is 0 Å². The maximum Gasteiger partial charge on any atom is 0.410 e. The molecule has 23 heavy (non-hydrogen) atoms. The van der Waals surface area contributed by atoms with Crippen LogP contribution < -0.4 is 5.32 Å². The van der Waals surface area contributed by atoms with Crippen molar-refractivity contribution >= 4 is 6.09 Å². The molecule has 0 aromatic carbocycles. The van der Waals surface area contributed by atoms with Gasteiger partial charge in [0.2, 0.25) is 0 Å². The Morgan fingerprint density at radius 3 is 2.17 bits per heavy atom. The molecule has 0 spiro atoms. The molecule has 0 aromatic rings. The number of ether oxygens (including phenoxy) is 3. The lowest BCUT2D eigenvalue weighted by Gasteiger charge is -2.40. The Labute approximate surface area is 140 Å². The maximum absolute atomic E-state index is 12.1. The molecule has 136 valence electrons. The lowest BCUT2D eigenvalue weighted by molar-refractivity contribution is -0.120. The van der Waals surface area contributed by atoms with E-state index in [2.05, 4.69) is 19.2 Å². The molecule has 0 radical (unpaired) electrons. The molecule has 1 atom stereocenters. The van der Waals surface area contributed by atoms with Crippen LogP contribution in [-0.2, 0) is 14.2 Å². The summed E-state index contributed by atoms with van der Waals surface area (Å²) in [6.45, 7) is 12.3. The quantitative estimate of drug-likeness (QED) is 0.759. The van der Waals surface area contributed by atoms with Crippen LogP contribution in [0.5, 0.6) is 0 Å². The van der Waals surface area contributed by atoms with E-state index in [1.54, 1.807) is 14.2 Å². The van der Waals surface area contributed by atoms with Crippen molar-refractivity contribution < 1.29 is 19.0 Å². The van der Waals surface area contributed by atoms with Crippen molar-refractivity contribution in [2.45, 2.75) is 65.4 Å². The molecule has 1 amide bonds. The van der Waals surface area contributed by atoms with E-state index < -0.39 is 5.60 Å². The van der Waals surface area contributed by atoms with Crippen molar-refractivity contribution in [1.29, 1.82) is 0 Å². The van der Waals surface area contributed by atoms with E-state index >= 15 is 0 Å². The fourth-order valence-electron chi connectivity index (χ4n) is 2.74. The van der Waals surface area contributed by atoms with E-state index in [0.717, 1.165) is 32.5 Å². The summed E-state index contributed by atoms with van der Waals surface area (Å²) < 4.78 is 16.0. The van der Waals surface area contributed by atoms with Crippen LogP contribution in [-0.4, -0.2) is 62.8 Å². The number of hydrogen-bond acceptors (Lipinski definition) is 5. The van der Waals surface area contributed by atoms with Crippen LogP contribution >= 0.6 is 0 Å². The van der Waals surface area contributed by atoms with E-state index in [1.165, 1.54) is 0 Å². The molecule has 0 aromatic heterocycles. The first-order valence-corrected chi connectivity index (χ1v) is 8.37. The lowest BCUT2D eigenvalue weighted by Crippen LogP contribution is -2.50. The number of likely N-dealkylation sites (tertiary alicyclic amines) is 1. The predicted molar refractivity (Wildman–Crippen MR) is 90.4 cm³/mol. The van der Waals surface area contributed by atoms with Crippen molar-refractivity contribution in [2.24, 2.45) is 5.41 Å². The Kier molecular flexibility index (Phi) is 7.29. The molecule has 0 aliphatic carbocycles. The fourth-order valence-corrected chi connectivity index (χ4v) is 2.74. The Hall–Kier alpha value is -0.850. The number of methoxy groups -OCH3 is 2. The minimum atomic E-state index is -0.440. The molecular formula is C17H34N2O4. The van der Waals surface area contributed by atoms with Gasteiger partial charge in [0, 0.05) is 33.9 Å². The topological polar surface area (TPSA) is 60.0 Å². The van der Waals surface area contributed by atoms with Gasteiger partial charge in [-0.15, -0.1) is 0 Å². The molecule has 1 aliphatic rings. The molecule has 1 N–H and O–H groups in total. The Balaban J connectivity index is 2.43. The SMILES string of the molecule is COC(OC)C(C)NCC1(C)CCN(C(=O)OC(C)(C)C)CC1. The normalized spacial score (nSPS) is 19.7. The van der Waals surface area contributed by atoms with Gasteiger partial charge < -0.3 is 24.4 Å². The first kappa shape index (κ1) is 20.2. The van der Waals surface area contributed by atoms with Crippen molar-refractivity contribution in [2.75, 3.05) is 33.9 Å².